The number of nitrogens with zero attached hydrogens (tertiary/aromatic N) is 3. The Morgan fingerprint density at radius 1 is 1.25 bits per heavy atom. The van der Waals surface area contributed by atoms with Crippen LogP contribution in [-0.4, -0.2) is 38.8 Å². The minimum absolute atomic E-state index is 0.0275. The Bertz CT molecular complexity index is 919. The van der Waals surface area contributed by atoms with Crippen LogP contribution in [0.25, 0.3) is 0 Å². The van der Waals surface area contributed by atoms with E-state index in [1.807, 2.05) is 4.90 Å². The van der Waals surface area contributed by atoms with E-state index in [2.05, 4.69) is 27.4 Å². The number of fused-ring (bicyclic) bond motifs is 1. The van der Waals surface area contributed by atoms with Crippen molar-refractivity contribution in [3.8, 4) is 0 Å². The molecule has 4 heterocycles. The molecular weight excluding hydrogens is 372 g/mol. The van der Waals surface area contributed by atoms with Crippen molar-refractivity contribution in [1.82, 2.24) is 19.8 Å². The molecule has 0 spiro atoms. The van der Waals surface area contributed by atoms with Crippen molar-refractivity contribution in [3.63, 3.8) is 0 Å². The first kappa shape index (κ1) is 18.1. The second-order valence-corrected chi connectivity index (χ2v) is 9.27. The molecule has 0 radical (unpaired) electrons. The number of piperidine rings is 1. The molecule has 2 aromatic rings. The van der Waals surface area contributed by atoms with Gasteiger partial charge in [-0.25, -0.2) is 4.98 Å². The van der Waals surface area contributed by atoms with E-state index in [0.717, 1.165) is 69.4 Å². The van der Waals surface area contributed by atoms with Gasteiger partial charge in [-0.2, -0.15) is 0 Å². The maximum atomic E-state index is 12.9. The summed E-state index contributed by atoms with van der Waals surface area (Å²) >= 11 is 1.75. The number of aromatic nitrogens is 2. The highest BCUT2D eigenvalue weighted by Crippen LogP contribution is 2.37. The topological polar surface area (TPSA) is 69.3 Å². The third-order valence-corrected chi connectivity index (χ3v) is 7.01. The van der Waals surface area contributed by atoms with Crippen LogP contribution >= 0.6 is 11.3 Å². The minimum atomic E-state index is -0.0657. The molecule has 148 valence electrons. The summed E-state index contributed by atoms with van der Waals surface area (Å²) in [5.41, 5.74) is 1.69. The quantitative estimate of drug-likeness (QED) is 0.860. The maximum absolute atomic E-state index is 12.9. The molecule has 3 aliphatic rings. The third kappa shape index (κ3) is 3.53. The van der Waals surface area contributed by atoms with Gasteiger partial charge in [-0.3, -0.25) is 14.5 Å². The number of carbonyl (C=O) groups excluding carboxylic acids is 1. The molecule has 0 bridgehead atoms. The molecule has 5 rings (SSSR count). The fourth-order valence-corrected chi connectivity index (χ4v) is 5.21. The average Bonchev–Trinajstić information content (AvgIpc) is 3.45. The van der Waals surface area contributed by atoms with Crippen LogP contribution in [0.1, 0.15) is 60.1 Å². The first-order valence-corrected chi connectivity index (χ1v) is 11.2. The minimum Gasteiger partial charge on any atom is -0.332 e. The average molecular weight is 399 g/mol. The van der Waals surface area contributed by atoms with Crippen LogP contribution in [0.3, 0.4) is 0 Å². The van der Waals surface area contributed by atoms with Crippen LogP contribution in [0.5, 0.6) is 0 Å². The fraction of sp³-hybridized carbons (Fsp3) is 0.571. The molecule has 0 unspecified atom stereocenters. The van der Waals surface area contributed by atoms with Gasteiger partial charge < -0.3 is 9.88 Å². The van der Waals surface area contributed by atoms with Crippen LogP contribution in [0, 0.1) is 5.92 Å². The Kier molecular flexibility index (Phi) is 4.80. The van der Waals surface area contributed by atoms with Gasteiger partial charge in [0.25, 0.3) is 5.56 Å². The van der Waals surface area contributed by atoms with E-state index in [1.54, 1.807) is 11.3 Å². The van der Waals surface area contributed by atoms with Gasteiger partial charge in [0.15, 0.2) is 0 Å². The lowest BCUT2D eigenvalue weighted by Crippen LogP contribution is -2.42. The van der Waals surface area contributed by atoms with Gasteiger partial charge in [-0.15, -0.1) is 11.3 Å². The predicted octanol–water partition coefficient (Wildman–Crippen LogP) is 2.85. The summed E-state index contributed by atoms with van der Waals surface area (Å²) in [6.45, 7) is 3.22. The monoisotopic (exact) mass is 398 g/mol. The molecule has 2 aromatic heterocycles. The lowest BCUT2D eigenvalue weighted by Gasteiger charge is -2.36. The zero-order chi connectivity index (χ0) is 19.1. The molecule has 1 saturated heterocycles. The molecule has 1 N–H and O–H groups in total. The van der Waals surface area contributed by atoms with Gasteiger partial charge in [-0.1, -0.05) is 6.07 Å². The number of amides is 1. The summed E-state index contributed by atoms with van der Waals surface area (Å²) in [5.74, 6) is 1.16. The summed E-state index contributed by atoms with van der Waals surface area (Å²) < 4.78 is 0. The molecule has 7 heteroatoms. The molecule has 6 nitrogen and oxygen atoms in total. The highest BCUT2D eigenvalue weighted by molar-refractivity contribution is 7.09. The smallest absolute Gasteiger partial charge is 0.255 e. The summed E-state index contributed by atoms with van der Waals surface area (Å²) in [6, 6.07) is 4.14. The molecule has 2 fully saturated rings. The maximum Gasteiger partial charge on any atom is 0.255 e. The first-order valence-electron chi connectivity index (χ1n) is 10.4. The standard InChI is InChI=1S/C21H26N4O2S/c26-20-16-13-24(12-15-4-3-11-28-15)10-8-17(16)22-19(23-20)18-5-1-2-9-25(18)21(27)14-6-7-14/h3-4,11,14,18H,1-2,5-10,12-13H2,(H,22,23,26)/t18-/m0/s1. The van der Waals surface area contributed by atoms with E-state index < -0.39 is 0 Å². The lowest BCUT2D eigenvalue weighted by atomic mass is 9.99. The molecule has 1 saturated carbocycles. The summed E-state index contributed by atoms with van der Waals surface area (Å²) in [5, 5.41) is 2.09. The van der Waals surface area contributed by atoms with Crippen molar-refractivity contribution < 1.29 is 4.79 Å². The van der Waals surface area contributed by atoms with Crippen LogP contribution < -0.4 is 5.56 Å². The van der Waals surface area contributed by atoms with E-state index in [1.165, 1.54) is 4.88 Å². The number of hydrogen-bond acceptors (Lipinski definition) is 5. The van der Waals surface area contributed by atoms with Gasteiger partial charge in [0.1, 0.15) is 5.82 Å². The number of rotatable bonds is 4. The van der Waals surface area contributed by atoms with Gasteiger partial charge in [0, 0.05) is 43.4 Å². The second kappa shape index (κ2) is 7.44. The van der Waals surface area contributed by atoms with E-state index in [0.29, 0.717) is 12.4 Å². The Morgan fingerprint density at radius 2 is 2.14 bits per heavy atom. The third-order valence-electron chi connectivity index (χ3n) is 6.15. The Morgan fingerprint density at radius 3 is 2.93 bits per heavy atom. The van der Waals surface area contributed by atoms with E-state index in [4.69, 9.17) is 4.98 Å². The number of nitrogens with one attached hydrogen (secondary N) is 1. The molecule has 2 aliphatic heterocycles. The lowest BCUT2D eigenvalue weighted by molar-refractivity contribution is -0.136. The Labute approximate surface area is 168 Å². The molecule has 0 aromatic carbocycles. The summed E-state index contributed by atoms with van der Waals surface area (Å²) in [4.78, 5) is 39.1. The van der Waals surface area contributed by atoms with E-state index >= 15 is 0 Å². The molecular formula is C21H26N4O2S. The number of carbonyl (C=O) groups is 1. The highest BCUT2D eigenvalue weighted by atomic mass is 32.1. The van der Waals surface area contributed by atoms with Crippen molar-refractivity contribution in [2.45, 2.75) is 57.7 Å². The number of H-pyrrole nitrogens is 1. The molecule has 1 atom stereocenters. The summed E-state index contributed by atoms with van der Waals surface area (Å²) in [6.07, 6.45) is 5.83. The predicted molar refractivity (Wildman–Crippen MR) is 108 cm³/mol. The largest absolute Gasteiger partial charge is 0.332 e. The Balaban J connectivity index is 1.38. The number of aromatic amines is 1. The van der Waals surface area contributed by atoms with Crippen molar-refractivity contribution in [2.75, 3.05) is 13.1 Å². The van der Waals surface area contributed by atoms with E-state index in [-0.39, 0.29) is 23.4 Å². The molecule has 1 amide bonds. The zero-order valence-electron chi connectivity index (χ0n) is 16.0. The van der Waals surface area contributed by atoms with Gasteiger partial charge >= 0.3 is 0 Å². The molecule has 1 aliphatic carbocycles. The number of thiophene rings is 1. The van der Waals surface area contributed by atoms with Crippen LogP contribution in [0.2, 0.25) is 0 Å². The normalized spacial score (nSPS) is 22.9. The van der Waals surface area contributed by atoms with Crippen molar-refractivity contribution in [1.29, 1.82) is 0 Å². The fourth-order valence-electron chi connectivity index (χ4n) is 4.46. The van der Waals surface area contributed by atoms with Crippen LogP contribution in [0.15, 0.2) is 22.3 Å². The van der Waals surface area contributed by atoms with Gasteiger partial charge in [0.2, 0.25) is 5.91 Å². The van der Waals surface area contributed by atoms with Crippen molar-refractivity contribution in [2.24, 2.45) is 5.92 Å². The van der Waals surface area contributed by atoms with Crippen LogP contribution in [-0.2, 0) is 24.3 Å². The Hall–Kier alpha value is -1.99. The SMILES string of the molecule is O=C(C1CC1)N1CCCC[C@H]1c1nc2c(c(=O)[nH]1)CN(Cc1cccs1)CC2. The van der Waals surface area contributed by atoms with Crippen LogP contribution in [0.4, 0.5) is 0 Å². The van der Waals surface area contributed by atoms with Crippen molar-refractivity contribution in [3.05, 3.63) is 49.8 Å². The zero-order valence-corrected chi connectivity index (χ0v) is 16.8. The van der Waals surface area contributed by atoms with E-state index in [9.17, 15) is 9.59 Å². The number of hydrogen-bond donors (Lipinski definition) is 1. The highest BCUT2D eigenvalue weighted by Gasteiger charge is 2.38. The summed E-state index contributed by atoms with van der Waals surface area (Å²) in [7, 11) is 0. The van der Waals surface area contributed by atoms with Gasteiger partial charge in [-0.05, 0) is 43.6 Å². The van der Waals surface area contributed by atoms with Gasteiger partial charge in [0.05, 0.1) is 17.3 Å². The second-order valence-electron chi connectivity index (χ2n) is 8.23. The number of likely N-dealkylation sites (tertiary alicyclic amines) is 1. The van der Waals surface area contributed by atoms with Crippen molar-refractivity contribution >= 4 is 17.2 Å². The first-order chi connectivity index (χ1) is 13.7. The molecule has 28 heavy (non-hydrogen) atoms.